The van der Waals surface area contributed by atoms with Crippen LogP contribution in [0.4, 0.5) is 0 Å². The molecule has 4 nitrogen and oxygen atoms in total. The van der Waals surface area contributed by atoms with E-state index in [0.29, 0.717) is 17.3 Å². The molecule has 6 heteroatoms. The summed E-state index contributed by atoms with van der Waals surface area (Å²) in [6.07, 6.45) is 0. The van der Waals surface area contributed by atoms with Gasteiger partial charge < -0.3 is 5.32 Å². The van der Waals surface area contributed by atoms with Crippen molar-refractivity contribution in [2.24, 2.45) is 0 Å². The third kappa shape index (κ3) is 2.77. The van der Waals surface area contributed by atoms with Crippen molar-refractivity contribution in [1.29, 1.82) is 0 Å². The molecule has 2 heterocycles. The Morgan fingerprint density at radius 2 is 1.83 bits per heavy atom. The van der Waals surface area contributed by atoms with Gasteiger partial charge in [0.25, 0.3) is 10.0 Å². The van der Waals surface area contributed by atoms with E-state index in [1.54, 1.807) is 10.4 Å². The van der Waals surface area contributed by atoms with Gasteiger partial charge in [0, 0.05) is 31.1 Å². The van der Waals surface area contributed by atoms with Crippen LogP contribution in [0.25, 0.3) is 0 Å². The number of hydrogen-bond acceptors (Lipinski definition) is 4. The van der Waals surface area contributed by atoms with Crippen molar-refractivity contribution in [1.82, 2.24) is 9.62 Å². The highest BCUT2D eigenvalue weighted by Crippen LogP contribution is 2.33. The predicted octanol–water partition coefficient (Wildman–Crippen LogP) is 1.64. The first kappa shape index (κ1) is 14.0. The first-order valence-corrected chi connectivity index (χ1v) is 8.39. The minimum absolute atomic E-state index is 0.00188. The molecule has 2 rings (SSSR count). The summed E-state index contributed by atoms with van der Waals surface area (Å²) in [5, 5.41) is 3.17. The Balaban J connectivity index is 2.27. The van der Waals surface area contributed by atoms with Crippen LogP contribution in [-0.2, 0) is 15.4 Å². The summed E-state index contributed by atoms with van der Waals surface area (Å²) in [5.41, 5.74) is 0.00188. The number of hydrogen-bond donors (Lipinski definition) is 1. The molecule has 1 saturated heterocycles. The monoisotopic (exact) mass is 288 g/mol. The highest BCUT2D eigenvalue weighted by atomic mass is 32.2. The van der Waals surface area contributed by atoms with E-state index in [-0.39, 0.29) is 5.41 Å². The first-order valence-electron chi connectivity index (χ1n) is 6.13. The molecule has 18 heavy (non-hydrogen) atoms. The Bertz CT molecular complexity index is 508. The van der Waals surface area contributed by atoms with Crippen LogP contribution < -0.4 is 5.32 Å². The fourth-order valence-electron chi connectivity index (χ4n) is 1.87. The summed E-state index contributed by atoms with van der Waals surface area (Å²) < 4.78 is 26.9. The van der Waals surface area contributed by atoms with Crippen LogP contribution in [0.5, 0.6) is 0 Å². The fraction of sp³-hybridized carbons (Fsp3) is 0.667. The maximum atomic E-state index is 12.4. The molecule has 0 unspecified atom stereocenters. The van der Waals surface area contributed by atoms with Crippen LogP contribution in [0.15, 0.2) is 16.3 Å². The summed E-state index contributed by atoms with van der Waals surface area (Å²) in [6.45, 7) is 8.88. The van der Waals surface area contributed by atoms with E-state index in [0.717, 1.165) is 18.0 Å². The van der Waals surface area contributed by atoms with E-state index < -0.39 is 10.0 Å². The molecule has 1 fully saturated rings. The minimum atomic E-state index is -3.29. The van der Waals surface area contributed by atoms with E-state index in [4.69, 9.17) is 0 Å². The summed E-state index contributed by atoms with van der Waals surface area (Å²) in [6, 6.07) is 3.67. The fourth-order valence-corrected chi connectivity index (χ4v) is 4.83. The summed E-state index contributed by atoms with van der Waals surface area (Å²) in [5.74, 6) is 0. The van der Waals surface area contributed by atoms with Gasteiger partial charge in [-0.2, -0.15) is 4.31 Å². The number of sulfonamides is 1. The van der Waals surface area contributed by atoms with Crippen LogP contribution in [0.2, 0.25) is 0 Å². The van der Waals surface area contributed by atoms with E-state index in [1.807, 2.05) is 6.07 Å². The molecular weight excluding hydrogens is 268 g/mol. The normalized spacial score (nSPS) is 19.1. The van der Waals surface area contributed by atoms with Gasteiger partial charge in [0.05, 0.1) is 0 Å². The average Bonchev–Trinajstić information content (AvgIpc) is 2.79. The van der Waals surface area contributed by atoms with E-state index in [9.17, 15) is 8.42 Å². The maximum absolute atomic E-state index is 12.4. The quantitative estimate of drug-likeness (QED) is 0.900. The summed E-state index contributed by atoms with van der Waals surface area (Å²) >= 11 is 1.39. The van der Waals surface area contributed by atoms with Crippen LogP contribution >= 0.6 is 11.3 Å². The molecule has 0 spiro atoms. The number of piperazine rings is 1. The molecular formula is C12H20N2O2S2. The zero-order chi connectivity index (χ0) is 13.4. The molecule has 1 aliphatic rings. The third-order valence-electron chi connectivity index (χ3n) is 2.99. The molecule has 1 N–H and O–H groups in total. The van der Waals surface area contributed by atoms with Crippen molar-refractivity contribution in [3.63, 3.8) is 0 Å². The molecule has 0 aromatic carbocycles. The second kappa shape index (κ2) is 4.92. The molecule has 102 valence electrons. The van der Waals surface area contributed by atoms with Gasteiger partial charge in [-0.25, -0.2) is 8.42 Å². The molecule has 0 aliphatic carbocycles. The first-order chi connectivity index (χ1) is 8.32. The van der Waals surface area contributed by atoms with Crippen molar-refractivity contribution in [3.05, 3.63) is 17.0 Å². The van der Waals surface area contributed by atoms with Gasteiger partial charge in [0.2, 0.25) is 0 Å². The Labute approximate surface area is 113 Å². The van der Waals surface area contributed by atoms with E-state index in [2.05, 4.69) is 26.1 Å². The van der Waals surface area contributed by atoms with Gasteiger partial charge in [-0.1, -0.05) is 20.8 Å². The van der Waals surface area contributed by atoms with Crippen LogP contribution in [0, 0.1) is 0 Å². The van der Waals surface area contributed by atoms with E-state index >= 15 is 0 Å². The average molecular weight is 288 g/mol. The third-order valence-corrected chi connectivity index (χ3v) is 6.87. The molecule has 0 saturated carbocycles. The molecule has 0 bridgehead atoms. The number of nitrogens with one attached hydrogen (secondary N) is 1. The van der Waals surface area contributed by atoms with Gasteiger partial charge in [-0.3, -0.25) is 0 Å². The standard InChI is InChI=1S/C12H20N2O2S2/c1-12(2,3)10-4-5-11(17-10)18(15,16)14-8-6-13-7-9-14/h4-5,13H,6-9H2,1-3H3. The molecule has 1 aromatic rings. The maximum Gasteiger partial charge on any atom is 0.252 e. The highest BCUT2D eigenvalue weighted by molar-refractivity contribution is 7.91. The van der Waals surface area contributed by atoms with Gasteiger partial charge in [0.1, 0.15) is 4.21 Å². The van der Waals surface area contributed by atoms with Gasteiger partial charge >= 0.3 is 0 Å². The Hall–Kier alpha value is -0.430. The Kier molecular flexibility index (Phi) is 3.82. The number of thiophene rings is 1. The number of nitrogens with zero attached hydrogens (tertiary/aromatic N) is 1. The molecule has 0 amide bonds. The lowest BCUT2D eigenvalue weighted by Gasteiger charge is -2.26. The molecule has 0 atom stereocenters. The zero-order valence-electron chi connectivity index (χ0n) is 11.1. The Morgan fingerprint density at radius 1 is 1.22 bits per heavy atom. The van der Waals surface area contributed by atoms with Crippen LogP contribution in [0.3, 0.4) is 0 Å². The second-order valence-electron chi connectivity index (χ2n) is 5.52. The molecule has 1 aliphatic heterocycles. The lowest BCUT2D eigenvalue weighted by Crippen LogP contribution is -2.46. The Morgan fingerprint density at radius 3 is 2.33 bits per heavy atom. The zero-order valence-corrected chi connectivity index (χ0v) is 12.7. The van der Waals surface area contributed by atoms with Crippen molar-refractivity contribution >= 4 is 21.4 Å². The minimum Gasteiger partial charge on any atom is -0.314 e. The van der Waals surface area contributed by atoms with Crippen molar-refractivity contribution < 1.29 is 8.42 Å². The lowest BCUT2D eigenvalue weighted by molar-refractivity contribution is 0.361. The molecule has 1 aromatic heterocycles. The topological polar surface area (TPSA) is 49.4 Å². The largest absolute Gasteiger partial charge is 0.314 e. The highest BCUT2D eigenvalue weighted by Gasteiger charge is 2.28. The van der Waals surface area contributed by atoms with Gasteiger partial charge in [-0.15, -0.1) is 11.3 Å². The van der Waals surface area contributed by atoms with Crippen LogP contribution in [-0.4, -0.2) is 38.9 Å². The SMILES string of the molecule is CC(C)(C)c1ccc(S(=O)(=O)N2CCNCC2)s1. The number of rotatable bonds is 2. The van der Waals surface area contributed by atoms with Crippen molar-refractivity contribution in [2.45, 2.75) is 30.4 Å². The predicted molar refractivity (Wildman–Crippen MR) is 74.6 cm³/mol. The smallest absolute Gasteiger partial charge is 0.252 e. The summed E-state index contributed by atoms with van der Waals surface area (Å²) in [4.78, 5) is 1.11. The van der Waals surface area contributed by atoms with E-state index in [1.165, 1.54) is 11.3 Å². The van der Waals surface area contributed by atoms with Crippen LogP contribution in [0.1, 0.15) is 25.6 Å². The van der Waals surface area contributed by atoms with Crippen molar-refractivity contribution in [2.75, 3.05) is 26.2 Å². The summed E-state index contributed by atoms with van der Waals surface area (Å²) in [7, 11) is -3.29. The van der Waals surface area contributed by atoms with Gasteiger partial charge in [-0.05, 0) is 17.5 Å². The lowest BCUT2D eigenvalue weighted by atomic mass is 9.95. The van der Waals surface area contributed by atoms with Crippen molar-refractivity contribution in [3.8, 4) is 0 Å². The van der Waals surface area contributed by atoms with Gasteiger partial charge in [0.15, 0.2) is 0 Å². The molecule has 0 radical (unpaired) electrons. The second-order valence-corrected chi connectivity index (χ2v) is 8.77.